The van der Waals surface area contributed by atoms with Crippen molar-refractivity contribution >= 4 is 40.4 Å². The first-order valence-electron chi connectivity index (χ1n) is 8.10. The molecule has 0 atom stereocenters. The molecule has 1 amide bonds. The lowest BCUT2D eigenvalue weighted by molar-refractivity contribution is -0.135. The number of carbonyl (C=O) groups is 3. The number of nitrogens with zero attached hydrogens (tertiary/aromatic N) is 2. The lowest BCUT2D eigenvalue weighted by Gasteiger charge is -2.18. The Bertz CT molecular complexity index is 707. The van der Waals surface area contributed by atoms with Crippen molar-refractivity contribution in [3.8, 4) is 0 Å². The topological polar surface area (TPSA) is 125 Å². The van der Waals surface area contributed by atoms with E-state index in [-0.39, 0.29) is 23.1 Å². The summed E-state index contributed by atoms with van der Waals surface area (Å²) in [4.78, 5) is 43.9. The summed E-state index contributed by atoms with van der Waals surface area (Å²) in [6.45, 7) is 10.1. The van der Waals surface area contributed by atoms with E-state index in [0.717, 1.165) is 11.3 Å². The Hall–Kier alpha value is -2.69. The number of oxime groups is 1. The molecule has 1 aromatic heterocycles. The third kappa shape index (κ3) is 8.49. The van der Waals surface area contributed by atoms with E-state index in [1.807, 2.05) is 0 Å². The molecule has 0 aliphatic rings. The summed E-state index contributed by atoms with van der Waals surface area (Å²) in [5.74, 6) is -0.844. The number of anilines is 1. The molecule has 0 saturated heterocycles. The van der Waals surface area contributed by atoms with E-state index in [2.05, 4.69) is 20.3 Å². The van der Waals surface area contributed by atoms with Crippen LogP contribution in [0.4, 0.5) is 14.7 Å². The van der Waals surface area contributed by atoms with E-state index in [9.17, 15) is 14.4 Å². The van der Waals surface area contributed by atoms with Gasteiger partial charge in [-0.2, -0.15) is 0 Å². The van der Waals surface area contributed by atoms with Crippen molar-refractivity contribution in [1.29, 1.82) is 0 Å². The highest BCUT2D eigenvalue weighted by molar-refractivity contribution is 7.14. The normalized spacial score (nSPS) is 11.7. The summed E-state index contributed by atoms with van der Waals surface area (Å²) < 4.78 is 14.8. The number of hydrogen-bond donors (Lipinski definition) is 1. The number of esters is 1. The van der Waals surface area contributed by atoms with Crippen molar-refractivity contribution in [2.75, 3.05) is 11.9 Å². The van der Waals surface area contributed by atoms with Crippen molar-refractivity contribution < 1.29 is 33.4 Å². The van der Waals surface area contributed by atoms with Crippen LogP contribution in [0.3, 0.4) is 0 Å². The second kappa shape index (κ2) is 9.86. The number of thiazole rings is 1. The minimum Gasteiger partial charge on any atom is -0.461 e. The smallest absolute Gasteiger partial charge is 0.461 e. The average molecular weight is 401 g/mol. The summed E-state index contributed by atoms with van der Waals surface area (Å²) in [6, 6.07) is 0. The van der Waals surface area contributed by atoms with E-state index in [1.54, 1.807) is 41.5 Å². The van der Waals surface area contributed by atoms with E-state index in [4.69, 9.17) is 14.2 Å². The van der Waals surface area contributed by atoms with Gasteiger partial charge in [-0.05, 0) is 41.5 Å². The molecule has 0 aliphatic heterocycles. The zero-order valence-electron chi connectivity index (χ0n) is 16.0. The van der Waals surface area contributed by atoms with Gasteiger partial charge in [-0.3, -0.25) is 10.2 Å². The summed E-state index contributed by atoms with van der Waals surface area (Å²) in [5.41, 5.74) is -0.959. The van der Waals surface area contributed by atoms with Crippen molar-refractivity contribution in [1.82, 2.24) is 4.98 Å². The highest BCUT2D eigenvalue weighted by Crippen LogP contribution is 2.18. The first-order chi connectivity index (χ1) is 12.5. The third-order valence-corrected chi connectivity index (χ3v) is 3.12. The highest BCUT2D eigenvalue weighted by Gasteiger charge is 2.23. The zero-order valence-corrected chi connectivity index (χ0v) is 16.8. The minimum atomic E-state index is -1.07. The lowest BCUT2D eigenvalue weighted by Crippen LogP contribution is -2.27. The van der Waals surface area contributed by atoms with Gasteiger partial charge in [0.15, 0.2) is 5.13 Å². The minimum absolute atomic E-state index is 0.0573. The van der Waals surface area contributed by atoms with Crippen LogP contribution in [0.2, 0.25) is 0 Å². The van der Waals surface area contributed by atoms with E-state index < -0.39 is 29.9 Å². The molecule has 1 heterocycles. The number of rotatable bonds is 6. The highest BCUT2D eigenvalue weighted by atomic mass is 32.1. The van der Waals surface area contributed by atoms with Crippen molar-refractivity contribution in [2.24, 2.45) is 5.16 Å². The van der Waals surface area contributed by atoms with Crippen LogP contribution in [0.25, 0.3) is 0 Å². The van der Waals surface area contributed by atoms with Gasteiger partial charge >= 0.3 is 18.2 Å². The van der Waals surface area contributed by atoms with Gasteiger partial charge in [0.1, 0.15) is 11.3 Å². The molecule has 0 spiro atoms. The first kappa shape index (κ1) is 22.4. The van der Waals surface area contributed by atoms with E-state index in [1.165, 1.54) is 5.38 Å². The van der Waals surface area contributed by atoms with Gasteiger partial charge in [-0.1, -0.05) is 5.16 Å². The molecular weight excluding hydrogens is 378 g/mol. The molecule has 1 N–H and O–H groups in total. The number of ether oxygens (including phenoxy) is 3. The molecule has 0 aromatic carbocycles. The zero-order chi connectivity index (χ0) is 20.6. The van der Waals surface area contributed by atoms with Crippen LogP contribution >= 0.6 is 11.3 Å². The maximum absolute atomic E-state index is 12.1. The van der Waals surface area contributed by atoms with E-state index in [0.29, 0.717) is 0 Å². The van der Waals surface area contributed by atoms with Gasteiger partial charge in [-0.25, -0.2) is 19.4 Å². The second-order valence-corrected chi connectivity index (χ2v) is 7.19. The first-order valence-corrected chi connectivity index (χ1v) is 8.98. The molecule has 150 valence electrons. The third-order valence-electron chi connectivity index (χ3n) is 2.37. The number of carbonyl (C=O) groups excluding carboxylic acids is 3. The standard InChI is InChI=1S/C16H23N3O7S/c1-7-23-12(20)11(19-26-15(22)24-9(2)3)10-8-27-13(17-10)18-14(21)25-16(4,5)6/h8-9H,7H2,1-6H3,(H,17,18,21). The Morgan fingerprint density at radius 3 is 2.52 bits per heavy atom. The van der Waals surface area contributed by atoms with E-state index >= 15 is 0 Å². The summed E-state index contributed by atoms with van der Waals surface area (Å²) in [7, 11) is 0. The molecule has 1 aromatic rings. The Kier molecular flexibility index (Phi) is 8.16. The van der Waals surface area contributed by atoms with Gasteiger partial charge < -0.3 is 14.2 Å². The fourth-order valence-electron chi connectivity index (χ4n) is 1.52. The molecule has 11 heteroatoms. The molecule has 1 rings (SSSR count). The molecule has 0 bridgehead atoms. The van der Waals surface area contributed by atoms with Gasteiger partial charge in [0.25, 0.3) is 0 Å². The van der Waals surface area contributed by atoms with Gasteiger partial charge in [0.05, 0.1) is 12.7 Å². The van der Waals surface area contributed by atoms with Crippen molar-refractivity contribution in [2.45, 2.75) is 53.2 Å². The monoisotopic (exact) mass is 401 g/mol. The fraction of sp³-hybridized carbons (Fsp3) is 0.562. The van der Waals surface area contributed by atoms with Crippen LogP contribution in [0.1, 0.15) is 47.2 Å². The van der Waals surface area contributed by atoms with Crippen molar-refractivity contribution in [3.05, 3.63) is 11.1 Å². The Morgan fingerprint density at radius 2 is 1.96 bits per heavy atom. The summed E-state index contributed by atoms with van der Waals surface area (Å²) >= 11 is 1.03. The Morgan fingerprint density at radius 1 is 1.30 bits per heavy atom. The number of aromatic nitrogens is 1. The van der Waals surface area contributed by atoms with Crippen LogP contribution in [0.5, 0.6) is 0 Å². The van der Waals surface area contributed by atoms with Crippen LogP contribution in [0, 0.1) is 0 Å². The summed E-state index contributed by atoms with van der Waals surface area (Å²) in [6.07, 6.45) is -2.19. The molecular formula is C16H23N3O7S. The average Bonchev–Trinajstić information content (AvgIpc) is 2.93. The number of amides is 1. The van der Waals surface area contributed by atoms with Crippen LogP contribution in [-0.2, 0) is 23.8 Å². The molecule has 27 heavy (non-hydrogen) atoms. The fourth-order valence-corrected chi connectivity index (χ4v) is 2.20. The maximum Gasteiger partial charge on any atom is 0.535 e. The second-order valence-electron chi connectivity index (χ2n) is 6.33. The molecule has 0 saturated carbocycles. The van der Waals surface area contributed by atoms with Crippen LogP contribution < -0.4 is 5.32 Å². The number of nitrogens with one attached hydrogen (secondary N) is 1. The maximum atomic E-state index is 12.1. The number of hydrogen-bond acceptors (Lipinski definition) is 10. The predicted molar refractivity (Wildman–Crippen MR) is 97.8 cm³/mol. The quantitative estimate of drug-likeness (QED) is 0.253. The van der Waals surface area contributed by atoms with Crippen LogP contribution in [-0.4, -0.2) is 47.2 Å². The predicted octanol–water partition coefficient (Wildman–Crippen LogP) is 3.32. The molecule has 10 nitrogen and oxygen atoms in total. The van der Waals surface area contributed by atoms with Gasteiger partial charge in [0, 0.05) is 5.38 Å². The van der Waals surface area contributed by atoms with Gasteiger partial charge in [0.2, 0.25) is 5.71 Å². The largest absolute Gasteiger partial charge is 0.535 e. The van der Waals surface area contributed by atoms with Gasteiger partial charge in [-0.15, -0.1) is 11.3 Å². The molecule has 0 fully saturated rings. The Labute approximate surface area is 160 Å². The lowest BCUT2D eigenvalue weighted by atomic mass is 10.2. The Balaban J connectivity index is 2.93. The van der Waals surface area contributed by atoms with Crippen LogP contribution in [0.15, 0.2) is 10.5 Å². The molecule has 0 aliphatic carbocycles. The SMILES string of the molecule is CCOC(=O)C(=NOC(=O)OC(C)C)c1csc(NC(=O)OC(C)(C)C)n1. The van der Waals surface area contributed by atoms with Crippen molar-refractivity contribution in [3.63, 3.8) is 0 Å². The molecule has 0 radical (unpaired) electrons. The summed E-state index contributed by atoms with van der Waals surface area (Å²) in [5, 5.41) is 7.54. The molecule has 0 unspecified atom stereocenters.